The monoisotopic (exact) mass is 369 g/mol. The Kier molecular flexibility index (Phi) is 4.84. The second-order valence-electron chi connectivity index (χ2n) is 5.67. The number of benzene rings is 2. The fraction of sp³-hybridized carbons (Fsp3) is 0.167. The van der Waals surface area contributed by atoms with E-state index in [4.69, 9.17) is 9.47 Å². The lowest BCUT2D eigenvalue weighted by atomic mass is 10.1. The molecule has 1 aliphatic rings. The molecule has 27 heavy (non-hydrogen) atoms. The van der Waals surface area contributed by atoms with E-state index in [0.29, 0.717) is 11.3 Å². The summed E-state index contributed by atoms with van der Waals surface area (Å²) in [5.41, 5.74) is 0.571. The molecule has 2 aromatic rings. The van der Waals surface area contributed by atoms with Crippen LogP contribution in [0.5, 0.6) is 5.75 Å². The third-order valence-corrected chi connectivity index (χ3v) is 3.73. The number of para-hydroxylation sites is 1. The number of hydrazone groups is 1. The van der Waals surface area contributed by atoms with Gasteiger partial charge in [0.15, 0.2) is 0 Å². The van der Waals surface area contributed by atoms with E-state index in [1.54, 1.807) is 30.3 Å². The van der Waals surface area contributed by atoms with Crippen LogP contribution >= 0.6 is 0 Å². The van der Waals surface area contributed by atoms with Crippen LogP contribution in [-0.2, 0) is 14.3 Å². The van der Waals surface area contributed by atoms with Crippen molar-refractivity contribution >= 4 is 23.5 Å². The van der Waals surface area contributed by atoms with Crippen molar-refractivity contribution in [1.29, 1.82) is 0 Å². The van der Waals surface area contributed by atoms with Gasteiger partial charge in [0.1, 0.15) is 5.75 Å². The Balaban J connectivity index is 1.92. The molecule has 0 saturated carbocycles. The lowest BCUT2D eigenvalue weighted by molar-refractivity contribution is -0.386. The van der Waals surface area contributed by atoms with Crippen LogP contribution in [0.1, 0.15) is 31.2 Å². The molecule has 1 aliphatic heterocycles. The fourth-order valence-corrected chi connectivity index (χ4v) is 2.58. The molecule has 1 heterocycles. The zero-order chi connectivity index (χ0) is 19.6. The maximum atomic E-state index is 12.0. The van der Waals surface area contributed by atoms with Crippen molar-refractivity contribution in [2.75, 3.05) is 0 Å². The fourth-order valence-electron chi connectivity index (χ4n) is 2.58. The molecule has 0 bridgehead atoms. The maximum absolute atomic E-state index is 12.0. The molecule has 138 valence electrons. The highest BCUT2D eigenvalue weighted by Crippen LogP contribution is 2.35. The number of nitro groups is 1. The lowest BCUT2D eigenvalue weighted by Gasteiger charge is -2.19. The van der Waals surface area contributed by atoms with E-state index in [1.165, 1.54) is 32.0 Å². The van der Waals surface area contributed by atoms with Crippen LogP contribution in [0.4, 0.5) is 5.69 Å². The van der Waals surface area contributed by atoms with Crippen LogP contribution in [-0.4, -0.2) is 27.7 Å². The molecule has 2 aromatic carbocycles. The number of hydrogen-bond acceptors (Lipinski definition) is 7. The van der Waals surface area contributed by atoms with Gasteiger partial charge in [0, 0.05) is 25.5 Å². The first-order valence-electron chi connectivity index (χ1n) is 7.94. The average molecular weight is 369 g/mol. The SMILES string of the molecule is CC(=O)Oc1ccc(C2=NN(C(C)=O)[C@@H](c3ccccc3[N+](=O)[O-])O2)cc1. The van der Waals surface area contributed by atoms with Gasteiger partial charge in [-0.2, -0.15) is 5.01 Å². The normalized spacial score (nSPS) is 15.7. The molecule has 1 amide bonds. The summed E-state index contributed by atoms with van der Waals surface area (Å²) in [6.07, 6.45) is -1.05. The molecule has 9 heteroatoms. The standard InChI is InChI=1S/C18H15N3O6/c1-11(22)20-18(15-5-3-4-6-16(15)21(24)25)27-17(19-20)13-7-9-14(10-8-13)26-12(2)23/h3-10,18H,1-2H3/t18-/m1/s1. The minimum absolute atomic E-state index is 0.128. The molecule has 9 nitrogen and oxygen atoms in total. The van der Waals surface area contributed by atoms with Gasteiger partial charge in [-0.25, -0.2) is 0 Å². The molecule has 0 fully saturated rings. The van der Waals surface area contributed by atoms with Crippen LogP contribution < -0.4 is 4.74 Å². The Hall–Kier alpha value is -3.75. The Bertz CT molecular complexity index is 938. The van der Waals surface area contributed by atoms with Gasteiger partial charge in [0.25, 0.3) is 5.69 Å². The summed E-state index contributed by atoms with van der Waals surface area (Å²) < 4.78 is 10.7. The molecule has 0 aliphatic carbocycles. The summed E-state index contributed by atoms with van der Waals surface area (Å²) in [7, 11) is 0. The first-order chi connectivity index (χ1) is 12.9. The van der Waals surface area contributed by atoms with Gasteiger partial charge >= 0.3 is 5.97 Å². The Morgan fingerprint density at radius 2 is 1.81 bits per heavy atom. The number of hydrogen-bond donors (Lipinski definition) is 0. The zero-order valence-corrected chi connectivity index (χ0v) is 14.5. The number of carbonyl (C=O) groups is 2. The number of amides is 1. The number of carbonyl (C=O) groups excluding carboxylic acids is 2. The summed E-state index contributed by atoms with van der Waals surface area (Å²) in [4.78, 5) is 33.7. The molecule has 3 rings (SSSR count). The van der Waals surface area contributed by atoms with Crippen molar-refractivity contribution in [3.05, 3.63) is 69.8 Å². The third-order valence-electron chi connectivity index (χ3n) is 3.73. The predicted molar refractivity (Wildman–Crippen MR) is 93.7 cm³/mol. The zero-order valence-electron chi connectivity index (χ0n) is 14.5. The van der Waals surface area contributed by atoms with Crippen molar-refractivity contribution in [2.45, 2.75) is 20.1 Å². The third kappa shape index (κ3) is 3.76. The minimum atomic E-state index is -1.05. The Morgan fingerprint density at radius 1 is 1.15 bits per heavy atom. The number of nitrogens with zero attached hydrogens (tertiary/aromatic N) is 3. The minimum Gasteiger partial charge on any atom is -0.445 e. The molecular weight excluding hydrogens is 354 g/mol. The van der Waals surface area contributed by atoms with Crippen LogP contribution in [0, 0.1) is 10.1 Å². The largest absolute Gasteiger partial charge is 0.445 e. The summed E-state index contributed by atoms with van der Waals surface area (Å²) in [6, 6.07) is 12.3. The Morgan fingerprint density at radius 3 is 2.41 bits per heavy atom. The molecular formula is C18H15N3O6. The first kappa shape index (κ1) is 18.1. The highest BCUT2D eigenvalue weighted by molar-refractivity contribution is 5.96. The van der Waals surface area contributed by atoms with Crippen molar-refractivity contribution in [3.8, 4) is 5.75 Å². The second kappa shape index (κ2) is 7.24. The Labute approximate surface area is 154 Å². The second-order valence-corrected chi connectivity index (χ2v) is 5.67. The number of esters is 1. The van der Waals surface area contributed by atoms with E-state index in [-0.39, 0.29) is 17.1 Å². The van der Waals surface area contributed by atoms with E-state index < -0.39 is 23.0 Å². The summed E-state index contributed by atoms with van der Waals surface area (Å²) >= 11 is 0. The molecule has 0 radical (unpaired) electrons. The summed E-state index contributed by atoms with van der Waals surface area (Å²) in [5, 5.41) is 16.5. The van der Waals surface area contributed by atoms with Gasteiger partial charge in [-0.3, -0.25) is 19.7 Å². The number of ether oxygens (including phenoxy) is 2. The summed E-state index contributed by atoms with van der Waals surface area (Å²) in [5.74, 6) is -0.396. The predicted octanol–water partition coefficient (Wildman–Crippen LogP) is 2.76. The van der Waals surface area contributed by atoms with Crippen molar-refractivity contribution in [1.82, 2.24) is 5.01 Å². The van der Waals surface area contributed by atoms with E-state index >= 15 is 0 Å². The molecule has 0 N–H and O–H groups in total. The van der Waals surface area contributed by atoms with Gasteiger partial charge < -0.3 is 9.47 Å². The average Bonchev–Trinajstić information content (AvgIpc) is 3.07. The molecule has 1 atom stereocenters. The number of rotatable bonds is 4. The van der Waals surface area contributed by atoms with Gasteiger partial charge in [0.05, 0.1) is 10.5 Å². The van der Waals surface area contributed by atoms with Crippen LogP contribution in [0.15, 0.2) is 53.6 Å². The molecule has 0 spiro atoms. The quantitative estimate of drug-likeness (QED) is 0.355. The van der Waals surface area contributed by atoms with E-state index in [1.807, 2.05) is 0 Å². The number of nitro benzene ring substituents is 1. The van der Waals surface area contributed by atoms with Crippen molar-refractivity contribution in [2.24, 2.45) is 5.10 Å². The van der Waals surface area contributed by atoms with E-state index in [2.05, 4.69) is 5.10 Å². The highest BCUT2D eigenvalue weighted by atomic mass is 16.6. The van der Waals surface area contributed by atoms with Crippen LogP contribution in [0.2, 0.25) is 0 Å². The van der Waals surface area contributed by atoms with E-state index in [9.17, 15) is 19.7 Å². The molecule has 0 unspecified atom stereocenters. The van der Waals surface area contributed by atoms with E-state index in [0.717, 1.165) is 5.01 Å². The van der Waals surface area contributed by atoms with Gasteiger partial charge in [-0.05, 0) is 30.3 Å². The van der Waals surface area contributed by atoms with Gasteiger partial charge in [-0.15, -0.1) is 5.10 Å². The van der Waals surface area contributed by atoms with Crippen LogP contribution in [0.3, 0.4) is 0 Å². The maximum Gasteiger partial charge on any atom is 0.308 e. The first-order valence-corrected chi connectivity index (χ1v) is 7.94. The lowest BCUT2D eigenvalue weighted by Crippen LogP contribution is -2.25. The van der Waals surface area contributed by atoms with Gasteiger partial charge in [-0.1, -0.05) is 12.1 Å². The highest BCUT2D eigenvalue weighted by Gasteiger charge is 2.37. The summed E-state index contributed by atoms with van der Waals surface area (Å²) in [6.45, 7) is 2.58. The van der Waals surface area contributed by atoms with Crippen molar-refractivity contribution in [3.63, 3.8) is 0 Å². The van der Waals surface area contributed by atoms with Crippen LogP contribution in [0.25, 0.3) is 0 Å². The van der Waals surface area contributed by atoms with Crippen molar-refractivity contribution < 1.29 is 24.0 Å². The molecule has 0 saturated heterocycles. The molecule has 0 aromatic heterocycles. The van der Waals surface area contributed by atoms with Gasteiger partial charge in [0.2, 0.25) is 18.0 Å². The topological polar surface area (TPSA) is 111 Å². The smallest absolute Gasteiger partial charge is 0.308 e.